The minimum absolute atomic E-state index is 0.0947. The third-order valence-corrected chi connectivity index (χ3v) is 5.19. The van der Waals surface area contributed by atoms with E-state index in [4.69, 9.17) is 25.6 Å². The Morgan fingerprint density at radius 2 is 2.16 bits per heavy atom. The molecule has 0 aliphatic carbocycles. The van der Waals surface area contributed by atoms with Gasteiger partial charge in [-0.15, -0.1) is 0 Å². The summed E-state index contributed by atoms with van der Waals surface area (Å²) in [5.41, 5.74) is 16.8. The maximum Gasteiger partial charge on any atom is 0.294 e. The van der Waals surface area contributed by atoms with Crippen molar-refractivity contribution in [2.24, 2.45) is 10.7 Å². The molecule has 9 nitrogen and oxygen atoms in total. The van der Waals surface area contributed by atoms with E-state index >= 15 is 0 Å². The second kappa shape index (κ2) is 7.75. The van der Waals surface area contributed by atoms with E-state index in [1.807, 2.05) is 24.3 Å². The van der Waals surface area contributed by atoms with Crippen LogP contribution in [0.4, 0.5) is 6.01 Å². The van der Waals surface area contributed by atoms with E-state index < -0.39 is 0 Å². The highest BCUT2D eigenvalue weighted by atomic mass is 16.5. The summed E-state index contributed by atoms with van der Waals surface area (Å²) >= 11 is 0. The van der Waals surface area contributed by atoms with Gasteiger partial charge in [-0.05, 0) is 42.7 Å². The fraction of sp³-hybridized carbons (Fsp3) is 0.273. The van der Waals surface area contributed by atoms with Crippen molar-refractivity contribution >= 4 is 40.1 Å². The topological polar surface area (TPSA) is 130 Å². The predicted octanol–water partition coefficient (Wildman–Crippen LogP) is 3.38. The van der Waals surface area contributed by atoms with E-state index in [1.165, 1.54) is 0 Å². The van der Waals surface area contributed by atoms with Crippen molar-refractivity contribution < 1.29 is 9.15 Å². The molecule has 31 heavy (non-hydrogen) atoms. The first-order valence-electron chi connectivity index (χ1n) is 10.3. The number of benzene rings is 1. The lowest BCUT2D eigenvalue weighted by atomic mass is 10.1. The highest BCUT2D eigenvalue weighted by Gasteiger charge is 2.22. The molecular formula is C22H23N7O2. The standard InChI is InChI=1S/C22H23N7O2/c1-2-6-25-12-14(11-23)13-9-16-19-18(10-13)30-8-3-7-29(19)21(27-16)15-4-5-17-20(26-15)28-22(24)31-17/h4-5,9-12H,2-3,6-8,23H2,1H3,(H2,24,26,28). The van der Waals surface area contributed by atoms with Crippen molar-refractivity contribution in [2.45, 2.75) is 26.3 Å². The number of pyridine rings is 1. The molecule has 5 rings (SSSR count). The second-order valence-corrected chi connectivity index (χ2v) is 7.36. The van der Waals surface area contributed by atoms with Gasteiger partial charge in [-0.3, -0.25) is 4.99 Å². The average molecular weight is 417 g/mol. The molecule has 0 amide bonds. The van der Waals surface area contributed by atoms with Gasteiger partial charge in [-0.2, -0.15) is 4.98 Å². The highest BCUT2D eigenvalue weighted by molar-refractivity contribution is 6.11. The average Bonchev–Trinajstić information content (AvgIpc) is 3.24. The number of oxazole rings is 1. The number of fused-ring (bicyclic) bond motifs is 1. The molecule has 1 aliphatic rings. The molecule has 0 saturated heterocycles. The Labute approximate surface area is 178 Å². The first-order chi connectivity index (χ1) is 15.2. The number of aryl methyl sites for hydroxylation is 1. The molecule has 4 N–H and O–H groups in total. The van der Waals surface area contributed by atoms with E-state index in [0.29, 0.717) is 23.5 Å². The van der Waals surface area contributed by atoms with Crippen LogP contribution >= 0.6 is 0 Å². The zero-order chi connectivity index (χ0) is 21.4. The third-order valence-electron chi connectivity index (χ3n) is 5.19. The molecule has 0 radical (unpaired) electrons. The molecule has 158 valence electrons. The third kappa shape index (κ3) is 3.37. The molecule has 0 saturated carbocycles. The van der Waals surface area contributed by atoms with Crippen LogP contribution in [0.3, 0.4) is 0 Å². The molecule has 0 bridgehead atoms. The summed E-state index contributed by atoms with van der Waals surface area (Å²) in [6.45, 7) is 4.24. The number of rotatable bonds is 5. The number of allylic oxidation sites excluding steroid dienone is 1. The number of aromatic nitrogens is 4. The van der Waals surface area contributed by atoms with Crippen LogP contribution in [0, 0.1) is 0 Å². The Balaban J connectivity index is 1.67. The number of nitrogens with two attached hydrogens (primary N) is 2. The zero-order valence-electron chi connectivity index (χ0n) is 17.2. The van der Waals surface area contributed by atoms with Crippen LogP contribution in [0.25, 0.3) is 39.4 Å². The molecule has 0 atom stereocenters. The van der Waals surface area contributed by atoms with Gasteiger partial charge in [0.25, 0.3) is 6.01 Å². The number of ether oxygens (including phenoxy) is 1. The SMILES string of the molecule is CCCN=CC(=CN)c1cc2c3c(c1)nc(-c1ccc4oc(N)nc4n1)n3CCCO2. The number of nitrogen functional groups attached to an aromatic ring is 1. The van der Waals surface area contributed by atoms with E-state index in [0.717, 1.165) is 59.7 Å². The highest BCUT2D eigenvalue weighted by Crippen LogP contribution is 2.35. The maximum atomic E-state index is 6.07. The van der Waals surface area contributed by atoms with E-state index in [9.17, 15) is 0 Å². The Morgan fingerprint density at radius 3 is 3.00 bits per heavy atom. The van der Waals surface area contributed by atoms with Crippen LogP contribution in [-0.4, -0.2) is 38.9 Å². The van der Waals surface area contributed by atoms with Crippen LogP contribution in [0.5, 0.6) is 5.75 Å². The molecule has 1 aromatic carbocycles. The fourth-order valence-electron chi connectivity index (χ4n) is 3.79. The Morgan fingerprint density at radius 1 is 1.26 bits per heavy atom. The smallest absolute Gasteiger partial charge is 0.294 e. The lowest BCUT2D eigenvalue weighted by Crippen LogP contribution is -2.02. The number of imidazole rings is 1. The zero-order valence-corrected chi connectivity index (χ0v) is 17.2. The van der Waals surface area contributed by atoms with Crippen LogP contribution < -0.4 is 16.2 Å². The lowest BCUT2D eigenvalue weighted by molar-refractivity contribution is 0.315. The molecule has 4 aromatic rings. The van der Waals surface area contributed by atoms with Crippen molar-refractivity contribution in [1.29, 1.82) is 0 Å². The van der Waals surface area contributed by atoms with Crippen molar-refractivity contribution in [3.8, 4) is 17.3 Å². The van der Waals surface area contributed by atoms with E-state index in [2.05, 4.69) is 26.5 Å². The van der Waals surface area contributed by atoms with Crippen LogP contribution in [0.15, 0.2) is 39.9 Å². The molecule has 9 heteroatoms. The Kier molecular flexibility index (Phi) is 4.78. The molecule has 3 aromatic heterocycles. The number of anilines is 1. The number of hydrogen-bond acceptors (Lipinski definition) is 8. The molecule has 0 spiro atoms. The summed E-state index contributed by atoms with van der Waals surface area (Å²) in [5, 5.41) is 0. The predicted molar refractivity (Wildman–Crippen MR) is 121 cm³/mol. The summed E-state index contributed by atoms with van der Waals surface area (Å²) in [6.07, 6.45) is 5.20. The number of hydrogen-bond donors (Lipinski definition) is 2. The normalized spacial score (nSPS) is 14.4. The van der Waals surface area contributed by atoms with Gasteiger partial charge in [0.05, 0.1) is 12.1 Å². The van der Waals surface area contributed by atoms with Crippen molar-refractivity contribution in [3.05, 3.63) is 36.0 Å². The van der Waals surface area contributed by atoms with Crippen LogP contribution in [-0.2, 0) is 6.54 Å². The largest absolute Gasteiger partial charge is 0.491 e. The van der Waals surface area contributed by atoms with Gasteiger partial charge in [0, 0.05) is 31.1 Å². The van der Waals surface area contributed by atoms with Crippen molar-refractivity contribution in [2.75, 3.05) is 18.9 Å². The Hall–Kier alpha value is -3.88. The number of aliphatic imine (C=N–C) groups is 1. The van der Waals surface area contributed by atoms with Gasteiger partial charge in [-0.25, -0.2) is 9.97 Å². The molecule has 1 aliphatic heterocycles. The molecular weight excluding hydrogens is 394 g/mol. The quantitative estimate of drug-likeness (QED) is 0.476. The van der Waals surface area contributed by atoms with Crippen LogP contribution in [0.1, 0.15) is 25.3 Å². The minimum atomic E-state index is 0.0947. The van der Waals surface area contributed by atoms with Gasteiger partial charge in [0.15, 0.2) is 11.4 Å². The van der Waals surface area contributed by atoms with Gasteiger partial charge >= 0.3 is 0 Å². The van der Waals surface area contributed by atoms with E-state index in [-0.39, 0.29) is 6.01 Å². The minimum Gasteiger partial charge on any atom is -0.491 e. The molecule has 0 unspecified atom stereocenters. The van der Waals surface area contributed by atoms with Crippen LogP contribution in [0.2, 0.25) is 0 Å². The summed E-state index contributed by atoms with van der Waals surface area (Å²) in [6, 6.07) is 7.79. The monoisotopic (exact) mass is 417 g/mol. The van der Waals surface area contributed by atoms with Gasteiger partial charge in [0.1, 0.15) is 17.0 Å². The summed E-state index contributed by atoms with van der Waals surface area (Å²) in [4.78, 5) is 18.1. The van der Waals surface area contributed by atoms with E-state index in [1.54, 1.807) is 12.4 Å². The summed E-state index contributed by atoms with van der Waals surface area (Å²) in [7, 11) is 0. The van der Waals surface area contributed by atoms with Crippen molar-refractivity contribution in [1.82, 2.24) is 19.5 Å². The van der Waals surface area contributed by atoms with Gasteiger partial charge in [0.2, 0.25) is 5.65 Å². The molecule has 0 fully saturated rings. The second-order valence-electron chi connectivity index (χ2n) is 7.36. The maximum absolute atomic E-state index is 6.07. The Bertz CT molecular complexity index is 1330. The van der Waals surface area contributed by atoms with Crippen molar-refractivity contribution in [3.63, 3.8) is 0 Å². The number of nitrogens with zero attached hydrogens (tertiary/aromatic N) is 5. The summed E-state index contributed by atoms with van der Waals surface area (Å²) < 4.78 is 13.6. The fourth-order valence-corrected chi connectivity index (χ4v) is 3.79. The molecule has 4 heterocycles. The van der Waals surface area contributed by atoms with Gasteiger partial charge in [-0.1, -0.05) is 6.92 Å². The first-order valence-corrected chi connectivity index (χ1v) is 10.3. The summed E-state index contributed by atoms with van der Waals surface area (Å²) in [5.74, 6) is 1.53. The lowest BCUT2D eigenvalue weighted by Gasteiger charge is -2.08. The van der Waals surface area contributed by atoms with Gasteiger partial charge < -0.3 is 25.2 Å². The first kappa shape index (κ1) is 19.1.